The van der Waals surface area contributed by atoms with E-state index in [9.17, 15) is 4.79 Å². The van der Waals surface area contributed by atoms with Gasteiger partial charge in [0, 0.05) is 30.1 Å². The Bertz CT molecular complexity index is 350. The fourth-order valence-corrected chi connectivity index (χ4v) is 2.93. The van der Waals surface area contributed by atoms with Crippen molar-refractivity contribution in [2.45, 2.75) is 32.2 Å². The predicted octanol–water partition coefficient (Wildman–Crippen LogP) is 2.35. The summed E-state index contributed by atoms with van der Waals surface area (Å²) < 4.78 is 0. The Kier molecular flexibility index (Phi) is 4.57. The van der Waals surface area contributed by atoms with Crippen molar-refractivity contribution >= 4 is 17.2 Å². The van der Waals surface area contributed by atoms with Crippen molar-refractivity contribution in [3.05, 3.63) is 22.4 Å². The van der Waals surface area contributed by atoms with Crippen molar-refractivity contribution in [1.82, 2.24) is 10.2 Å². The monoisotopic (exact) mass is 252 g/mol. The van der Waals surface area contributed by atoms with Gasteiger partial charge in [-0.15, -0.1) is 0 Å². The van der Waals surface area contributed by atoms with Crippen LogP contribution in [0.1, 0.15) is 36.5 Å². The maximum Gasteiger partial charge on any atom is 0.252 e. The zero-order chi connectivity index (χ0) is 12.1. The van der Waals surface area contributed by atoms with E-state index in [1.165, 1.54) is 25.8 Å². The van der Waals surface area contributed by atoms with E-state index in [0.29, 0.717) is 6.04 Å². The van der Waals surface area contributed by atoms with Crippen LogP contribution in [-0.2, 0) is 0 Å². The van der Waals surface area contributed by atoms with Crippen LogP contribution in [0.5, 0.6) is 0 Å². The second kappa shape index (κ2) is 6.17. The second-order valence-corrected chi connectivity index (χ2v) is 5.43. The summed E-state index contributed by atoms with van der Waals surface area (Å²) in [6, 6.07) is 2.53. The van der Waals surface area contributed by atoms with Gasteiger partial charge in [-0.25, -0.2) is 0 Å². The van der Waals surface area contributed by atoms with Crippen LogP contribution in [0.25, 0.3) is 0 Å². The molecule has 2 rings (SSSR count). The minimum Gasteiger partial charge on any atom is -0.351 e. The van der Waals surface area contributed by atoms with E-state index in [-0.39, 0.29) is 5.91 Å². The summed E-state index contributed by atoms with van der Waals surface area (Å²) in [5, 5.41) is 6.80. The number of amides is 1. The topological polar surface area (TPSA) is 32.3 Å². The van der Waals surface area contributed by atoms with Gasteiger partial charge < -0.3 is 5.32 Å². The highest BCUT2D eigenvalue weighted by Gasteiger charge is 2.17. The molecule has 0 radical (unpaired) electrons. The quantitative estimate of drug-likeness (QED) is 0.892. The van der Waals surface area contributed by atoms with E-state index < -0.39 is 0 Å². The first-order valence-electron chi connectivity index (χ1n) is 6.32. The number of carbonyl (C=O) groups is 1. The molecular formula is C13H20N2OS. The van der Waals surface area contributed by atoms with Gasteiger partial charge in [0.1, 0.15) is 0 Å². The number of carbonyl (C=O) groups excluding carboxylic acids is 1. The molecule has 1 aromatic rings. The van der Waals surface area contributed by atoms with E-state index in [2.05, 4.69) is 17.1 Å². The molecule has 1 saturated heterocycles. The molecule has 1 unspecified atom stereocenters. The van der Waals surface area contributed by atoms with Crippen LogP contribution in [-0.4, -0.2) is 36.5 Å². The van der Waals surface area contributed by atoms with Crippen LogP contribution in [0.2, 0.25) is 0 Å². The summed E-state index contributed by atoms with van der Waals surface area (Å²) in [5.74, 6) is 0.0518. The summed E-state index contributed by atoms with van der Waals surface area (Å²) in [5.41, 5.74) is 0.779. The first-order chi connectivity index (χ1) is 8.27. The fourth-order valence-electron chi connectivity index (χ4n) is 2.30. The van der Waals surface area contributed by atoms with Crippen molar-refractivity contribution in [2.24, 2.45) is 0 Å². The highest BCUT2D eigenvalue weighted by Crippen LogP contribution is 2.15. The Morgan fingerprint density at radius 3 is 3.18 bits per heavy atom. The molecule has 1 aliphatic rings. The molecule has 0 spiro atoms. The molecule has 4 heteroatoms. The normalized spacial score (nSPS) is 21.4. The predicted molar refractivity (Wildman–Crippen MR) is 71.5 cm³/mol. The van der Waals surface area contributed by atoms with E-state index in [1.54, 1.807) is 11.3 Å². The Hall–Kier alpha value is -0.870. The molecule has 1 fully saturated rings. The van der Waals surface area contributed by atoms with Crippen LogP contribution in [0.4, 0.5) is 0 Å². The van der Waals surface area contributed by atoms with Gasteiger partial charge in [-0.05, 0) is 37.8 Å². The second-order valence-electron chi connectivity index (χ2n) is 4.65. The van der Waals surface area contributed by atoms with Gasteiger partial charge in [0.25, 0.3) is 5.91 Å². The molecule has 0 aliphatic carbocycles. The summed E-state index contributed by atoms with van der Waals surface area (Å²) in [7, 11) is 0. The molecular weight excluding hydrogens is 232 g/mol. The van der Waals surface area contributed by atoms with Crippen LogP contribution in [0.15, 0.2) is 16.8 Å². The van der Waals surface area contributed by atoms with Gasteiger partial charge in [-0.2, -0.15) is 11.3 Å². The lowest BCUT2D eigenvalue weighted by molar-refractivity contribution is 0.0939. The van der Waals surface area contributed by atoms with Crippen LogP contribution in [0.3, 0.4) is 0 Å². The van der Waals surface area contributed by atoms with Crippen molar-refractivity contribution < 1.29 is 4.79 Å². The average molecular weight is 252 g/mol. The molecule has 3 nitrogen and oxygen atoms in total. The van der Waals surface area contributed by atoms with Crippen LogP contribution >= 0.6 is 11.3 Å². The van der Waals surface area contributed by atoms with Gasteiger partial charge in [0.05, 0.1) is 0 Å². The van der Waals surface area contributed by atoms with Gasteiger partial charge in [0.2, 0.25) is 0 Å². The fraction of sp³-hybridized carbons (Fsp3) is 0.615. The molecule has 94 valence electrons. The SMILES string of the molecule is CC1CCCCN1CCNC(=O)c1ccsc1. The molecule has 0 bridgehead atoms. The highest BCUT2D eigenvalue weighted by molar-refractivity contribution is 7.08. The minimum absolute atomic E-state index is 0.0518. The smallest absolute Gasteiger partial charge is 0.252 e. The number of likely N-dealkylation sites (tertiary alicyclic amines) is 1. The lowest BCUT2D eigenvalue weighted by Crippen LogP contribution is -2.42. The van der Waals surface area contributed by atoms with Crippen molar-refractivity contribution in [2.75, 3.05) is 19.6 Å². The summed E-state index contributed by atoms with van der Waals surface area (Å²) in [4.78, 5) is 14.2. The average Bonchev–Trinajstić information content (AvgIpc) is 2.85. The maximum atomic E-state index is 11.7. The Morgan fingerprint density at radius 2 is 2.47 bits per heavy atom. The molecule has 1 amide bonds. The molecule has 0 aromatic carbocycles. The lowest BCUT2D eigenvalue weighted by atomic mass is 10.0. The molecule has 0 saturated carbocycles. The first-order valence-corrected chi connectivity index (χ1v) is 7.26. The summed E-state index contributed by atoms with van der Waals surface area (Å²) >= 11 is 1.56. The van der Waals surface area contributed by atoms with Crippen LogP contribution < -0.4 is 5.32 Å². The Balaban J connectivity index is 1.70. The Labute approximate surface area is 107 Å². The van der Waals surface area contributed by atoms with E-state index in [0.717, 1.165) is 18.7 Å². The van der Waals surface area contributed by atoms with E-state index >= 15 is 0 Å². The van der Waals surface area contributed by atoms with Gasteiger partial charge in [-0.1, -0.05) is 6.42 Å². The highest BCUT2D eigenvalue weighted by atomic mass is 32.1. The number of nitrogens with one attached hydrogen (secondary N) is 1. The number of hydrogen-bond acceptors (Lipinski definition) is 3. The van der Waals surface area contributed by atoms with Crippen molar-refractivity contribution in [1.29, 1.82) is 0 Å². The Morgan fingerprint density at radius 1 is 1.59 bits per heavy atom. The van der Waals surface area contributed by atoms with Crippen molar-refractivity contribution in [3.63, 3.8) is 0 Å². The number of thiophene rings is 1. The number of hydrogen-bond donors (Lipinski definition) is 1. The summed E-state index contributed by atoms with van der Waals surface area (Å²) in [6.07, 6.45) is 3.93. The van der Waals surface area contributed by atoms with Gasteiger partial charge >= 0.3 is 0 Å². The minimum atomic E-state index is 0.0518. The maximum absolute atomic E-state index is 11.7. The third kappa shape index (κ3) is 3.54. The van der Waals surface area contributed by atoms with Crippen LogP contribution in [0, 0.1) is 0 Å². The third-order valence-corrected chi connectivity index (χ3v) is 4.09. The number of piperidine rings is 1. The van der Waals surface area contributed by atoms with Gasteiger partial charge in [-0.3, -0.25) is 9.69 Å². The van der Waals surface area contributed by atoms with E-state index in [4.69, 9.17) is 0 Å². The largest absolute Gasteiger partial charge is 0.351 e. The number of nitrogens with zero attached hydrogens (tertiary/aromatic N) is 1. The molecule has 2 heterocycles. The third-order valence-electron chi connectivity index (χ3n) is 3.41. The molecule has 1 N–H and O–H groups in total. The number of rotatable bonds is 4. The van der Waals surface area contributed by atoms with Gasteiger partial charge in [0.15, 0.2) is 0 Å². The first kappa shape index (κ1) is 12.6. The molecule has 1 aliphatic heterocycles. The zero-order valence-electron chi connectivity index (χ0n) is 10.3. The molecule has 1 aromatic heterocycles. The lowest BCUT2D eigenvalue weighted by Gasteiger charge is -2.33. The standard InChI is InChI=1S/C13H20N2OS/c1-11-4-2-3-7-15(11)8-6-14-13(16)12-5-9-17-10-12/h5,9-11H,2-4,6-8H2,1H3,(H,14,16). The molecule has 17 heavy (non-hydrogen) atoms. The molecule has 1 atom stereocenters. The zero-order valence-corrected chi connectivity index (χ0v) is 11.1. The van der Waals surface area contributed by atoms with Crippen molar-refractivity contribution in [3.8, 4) is 0 Å². The summed E-state index contributed by atoms with van der Waals surface area (Å²) in [6.45, 7) is 5.17. The van der Waals surface area contributed by atoms with E-state index in [1.807, 2.05) is 16.8 Å².